The molecule has 6 heteroatoms. The molecule has 0 aromatic rings. The summed E-state index contributed by atoms with van der Waals surface area (Å²) in [5.41, 5.74) is 1.41. The Bertz CT molecular complexity index is 363. The van der Waals surface area contributed by atoms with Gasteiger partial charge in [-0.25, -0.2) is 4.79 Å². The zero-order valence-corrected chi connectivity index (χ0v) is 13.6. The second kappa shape index (κ2) is 5.78. The van der Waals surface area contributed by atoms with Crippen molar-refractivity contribution in [3.8, 4) is 0 Å². The number of esters is 1. The van der Waals surface area contributed by atoms with E-state index in [0.29, 0.717) is 12.0 Å². The number of carbonyl (C=O) groups is 1. The van der Waals surface area contributed by atoms with Crippen molar-refractivity contribution in [1.29, 1.82) is 0 Å². The Kier molecular flexibility index (Phi) is 5.28. The highest BCUT2D eigenvalue weighted by Gasteiger charge is 2.41. The number of alkyl halides is 4. The first-order chi connectivity index (χ1) is 8.06. The van der Waals surface area contributed by atoms with Gasteiger partial charge in [-0.05, 0) is 26.7 Å². The van der Waals surface area contributed by atoms with Gasteiger partial charge in [-0.15, -0.1) is 11.6 Å². The first-order valence-electron chi connectivity index (χ1n) is 5.62. The zero-order valence-electron chi connectivity index (χ0n) is 10.5. The van der Waals surface area contributed by atoms with E-state index in [0.717, 1.165) is 12.0 Å². The average Bonchev–Trinajstić information content (AvgIpc) is 2.57. The number of methoxy groups -OCH3 is 1. The van der Waals surface area contributed by atoms with Crippen molar-refractivity contribution in [1.82, 2.24) is 0 Å². The number of ether oxygens (including phenoxy) is 1. The van der Waals surface area contributed by atoms with Crippen LogP contribution in [-0.2, 0) is 9.53 Å². The van der Waals surface area contributed by atoms with Crippen LogP contribution >= 0.6 is 46.4 Å². The summed E-state index contributed by atoms with van der Waals surface area (Å²) in [6.07, 6.45) is 1.71. The van der Waals surface area contributed by atoms with E-state index < -0.39 is 8.67 Å². The molecule has 0 aliphatic heterocycles. The van der Waals surface area contributed by atoms with Gasteiger partial charge >= 0.3 is 5.97 Å². The summed E-state index contributed by atoms with van der Waals surface area (Å²) >= 11 is 23.7. The molecule has 2 nitrogen and oxygen atoms in total. The molecular formula is C12H16Cl4O2. The van der Waals surface area contributed by atoms with Gasteiger partial charge in [0.2, 0.25) is 0 Å². The lowest BCUT2D eigenvalue weighted by atomic mass is 9.88. The predicted octanol–water partition coefficient (Wildman–Crippen LogP) is 4.64. The minimum Gasteiger partial charge on any atom is -0.466 e. The molecule has 104 valence electrons. The van der Waals surface area contributed by atoms with Gasteiger partial charge in [0.25, 0.3) is 0 Å². The Morgan fingerprint density at radius 2 is 1.89 bits per heavy atom. The van der Waals surface area contributed by atoms with Crippen LogP contribution in [0.15, 0.2) is 11.1 Å². The molecule has 0 bridgehead atoms. The Labute approximate surface area is 128 Å². The van der Waals surface area contributed by atoms with Gasteiger partial charge in [-0.1, -0.05) is 40.4 Å². The Hall–Kier alpha value is 0.370. The average molecular weight is 334 g/mol. The van der Waals surface area contributed by atoms with Gasteiger partial charge in [-0.2, -0.15) is 0 Å². The van der Waals surface area contributed by atoms with Crippen LogP contribution in [0.4, 0.5) is 0 Å². The number of allylic oxidation sites excluding steroid dienone is 1. The highest BCUT2D eigenvalue weighted by Crippen LogP contribution is 2.46. The van der Waals surface area contributed by atoms with Crippen molar-refractivity contribution in [2.75, 3.05) is 7.11 Å². The van der Waals surface area contributed by atoms with Crippen LogP contribution in [0.25, 0.3) is 0 Å². The molecule has 1 rings (SSSR count). The van der Waals surface area contributed by atoms with Crippen LogP contribution in [0.5, 0.6) is 0 Å². The van der Waals surface area contributed by atoms with Gasteiger partial charge in [0.05, 0.1) is 7.11 Å². The maximum Gasteiger partial charge on any atom is 0.334 e. The molecule has 1 aliphatic carbocycles. The zero-order chi connectivity index (χ0) is 14.1. The molecule has 1 aliphatic rings. The Morgan fingerprint density at radius 1 is 1.33 bits per heavy atom. The molecule has 0 heterocycles. The molecule has 0 amide bonds. The van der Waals surface area contributed by atoms with E-state index >= 15 is 0 Å². The number of carbonyl (C=O) groups excluding carboxylic acids is 1. The highest BCUT2D eigenvalue weighted by molar-refractivity contribution is 6.67. The molecular weight excluding hydrogens is 318 g/mol. The van der Waals surface area contributed by atoms with Crippen molar-refractivity contribution >= 4 is 52.4 Å². The van der Waals surface area contributed by atoms with Gasteiger partial charge in [0, 0.05) is 22.8 Å². The van der Waals surface area contributed by atoms with E-state index in [4.69, 9.17) is 51.1 Å². The summed E-state index contributed by atoms with van der Waals surface area (Å²) in [5, 5.41) is 0. The first-order valence-corrected chi connectivity index (χ1v) is 7.13. The smallest absolute Gasteiger partial charge is 0.334 e. The summed E-state index contributed by atoms with van der Waals surface area (Å²) in [6.45, 7) is 3.75. The SMILES string of the molecule is COC(=O)C1=C(CC(Cl)(Cl)Cl)CC[C@@H]1C(C)(C)Cl. The van der Waals surface area contributed by atoms with Crippen molar-refractivity contribution < 1.29 is 9.53 Å². The van der Waals surface area contributed by atoms with Crippen molar-refractivity contribution in [2.24, 2.45) is 5.92 Å². The summed E-state index contributed by atoms with van der Waals surface area (Å²) in [7, 11) is 1.35. The molecule has 0 radical (unpaired) electrons. The fraction of sp³-hybridized carbons (Fsp3) is 0.750. The lowest BCUT2D eigenvalue weighted by Gasteiger charge is -2.26. The third kappa shape index (κ3) is 4.19. The maximum absolute atomic E-state index is 11.9. The fourth-order valence-electron chi connectivity index (χ4n) is 2.35. The van der Waals surface area contributed by atoms with Crippen LogP contribution in [0, 0.1) is 5.92 Å². The lowest BCUT2D eigenvalue weighted by molar-refractivity contribution is -0.136. The molecule has 1 atom stereocenters. The Morgan fingerprint density at radius 3 is 2.28 bits per heavy atom. The molecule has 0 unspecified atom stereocenters. The molecule has 0 aromatic heterocycles. The van der Waals surface area contributed by atoms with Gasteiger partial charge in [0.1, 0.15) is 0 Å². The van der Waals surface area contributed by atoms with Crippen LogP contribution in [0.2, 0.25) is 0 Å². The standard InChI is InChI=1S/C12H16Cl4O2/c1-11(2,13)8-5-4-7(6-12(14,15)16)9(8)10(17)18-3/h8H,4-6H2,1-3H3/t8-/m0/s1. The number of rotatable bonds is 3. The molecule has 0 aromatic carbocycles. The molecule has 0 saturated heterocycles. The van der Waals surface area contributed by atoms with Crippen molar-refractivity contribution in [3.05, 3.63) is 11.1 Å². The summed E-state index contributed by atoms with van der Waals surface area (Å²) in [6, 6.07) is 0. The molecule has 18 heavy (non-hydrogen) atoms. The quantitative estimate of drug-likeness (QED) is 0.555. The third-order valence-corrected chi connectivity index (χ3v) is 3.78. The fourth-order valence-corrected chi connectivity index (χ4v) is 3.05. The number of halogens is 4. The van der Waals surface area contributed by atoms with E-state index in [9.17, 15) is 4.79 Å². The number of hydrogen-bond acceptors (Lipinski definition) is 2. The maximum atomic E-state index is 11.9. The first kappa shape index (κ1) is 16.4. The summed E-state index contributed by atoms with van der Waals surface area (Å²) in [5.74, 6) is -0.454. The van der Waals surface area contributed by atoms with Gasteiger partial charge in [-0.3, -0.25) is 0 Å². The van der Waals surface area contributed by atoms with E-state index in [1.807, 2.05) is 13.8 Å². The summed E-state index contributed by atoms with van der Waals surface area (Å²) in [4.78, 5) is 11.4. The van der Waals surface area contributed by atoms with E-state index in [1.165, 1.54) is 7.11 Å². The highest BCUT2D eigenvalue weighted by atomic mass is 35.6. The van der Waals surface area contributed by atoms with Crippen molar-refractivity contribution in [2.45, 2.75) is 41.8 Å². The van der Waals surface area contributed by atoms with Crippen LogP contribution in [0.1, 0.15) is 33.1 Å². The molecule has 0 fully saturated rings. The third-order valence-electron chi connectivity index (χ3n) is 3.11. The van der Waals surface area contributed by atoms with E-state index in [2.05, 4.69) is 0 Å². The van der Waals surface area contributed by atoms with Crippen molar-refractivity contribution in [3.63, 3.8) is 0 Å². The molecule has 0 saturated carbocycles. The normalized spacial score (nSPS) is 21.4. The molecule has 0 spiro atoms. The topological polar surface area (TPSA) is 26.3 Å². The largest absolute Gasteiger partial charge is 0.466 e. The van der Waals surface area contributed by atoms with E-state index in [1.54, 1.807) is 0 Å². The van der Waals surface area contributed by atoms with Crippen LogP contribution < -0.4 is 0 Å². The second-order valence-corrected chi connectivity index (χ2v) is 8.45. The minimum atomic E-state index is -1.40. The minimum absolute atomic E-state index is 0.0750. The van der Waals surface area contributed by atoms with Crippen LogP contribution in [0.3, 0.4) is 0 Å². The van der Waals surface area contributed by atoms with Gasteiger partial charge in [0.15, 0.2) is 3.79 Å². The lowest BCUT2D eigenvalue weighted by Crippen LogP contribution is -2.28. The van der Waals surface area contributed by atoms with E-state index in [-0.39, 0.29) is 18.3 Å². The second-order valence-electron chi connectivity index (χ2n) is 4.96. The number of hydrogen-bond donors (Lipinski definition) is 0. The van der Waals surface area contributed by atoms with Crippen LogP contribution in [-0.4, -0.2) is 21.7 Å². The van der Waals surface area contributed by atoms with Gasteiger partial charge < -0.3 is 4.74 Å². The predicted molar refractivity (Wildman–Crippen MR) is 76.6 cm³/mol. The Balaban J connectivity index is 3.11. The monoisotopic (exact) mass is 332 g/mol. The summed E-state index contributed by atoms with van der Waals surface area (Å²) < 4.78 is 3.42. The molecule has 0 N–H and O–H groups in total.